The number of rotatable bonds is 3. The summed E-state index contributed by atoms with van der Waals surface area (Å²) in [5.74, 6) is 0.607. The minimum absolute atomic E-state index is 0.0177. The summed E-state index contributed by atoms with van der Waals surface area (Å²) in [5, 5.41) is 2.93. The molecule has 0 saturated heterocycles. The largest absolute Gasteiger partial charge is 0.397 e. The van der Waals surface area contributed by atoms with Gasteiger partial charge in [-0.2, -0.15) is 0 Å². The molecule has 0 unspecified atom stereocenters. The number of hydrogen-bond acceptors (Lipinski definition) is 3. The highest BCUT2D eigenvalue weighted by Gasteiger charge is 2.51. The van der Waals surface area contributed by atoms with E-state index in [9.17, 15) is 4.79 Å². The lowest BCUT2D eigenvalue weighted by molar-refractivity contribution is -0.118. The maximum atomic E-state index is 12.6. The van der Waals surface area contributed by atoms with E-state index in [2.05, 4.69) is 10.3 Å². The van der Waals surface area contributed by atoms with Crippen molar-refractivity contribution in [1.82, 2.24) is 4.98 Å². The van der Waals surface area contributed by atoms with Gasteiger partial charge in [0.1, 0.15) is 5.82 Å². The van der Waals surface area contributed by atoms with Gasteiger partial charge in [-0.1, -0.05) is 30.3 Å². The van der Waals surface area contributed by atoms with Crippen molar-refractivity contribution < 1.29 is 4.79 Å². The van der Waals surface area contributed by atoms with Gasteiger partial charge in [0.15, 0.2) is 0 Å². The second kappa shape index (κ2) is 4.63. The van der Waals surface area contributed by atoms with Crippen LogP contribution < -0.4 is 11.1 Å². The van der Waals surface area contributed by atoms with E-state index >= 15 is 0 Å². The summed E-state index contributed by atoms with van der Waals surface area (Å²) in [6.07, 6.45) is 3.33. The highest BCUT2D eigenvalue weighted by atomic mass is 16.2. The lowest BCUT2D eigenvalue weighted by Crippen LogP contribution is -2.28. The van der Waals surface area contributed by atoms with Gasteiger partial charge < -0.3 is 11.1 Å². The van der Waals surface area contributed by atoms with Crippen LogP contribution >= 0.6 is 0 Å². The van der Waals surface area contributed by atoms with E-state index in [0.29, 0.717) is 11.5 Å². The Hall–Kier alpha value is -2.36. The molecule has 0 radical (unpaired) electrons. The Balaban J connectivity index is 1.83. The Labute approximate surface area is 118 Å². The molecule has 0 aliphatic heterocycles. The second-order valence-electron chi connectivity index (χ2n) is 5.34. The van der Waals surface area contributed by atoms with Crippen LogP contribution in [0.25, 0.3) is 0 Å². The van der Waals surface area contributed by atoms with E-state index in [1.165, 1.54) is 0 Å². The average molecular weight is 267 g/mol. The van der Waals surface area contributed by atoms with Crippen molar-refractivity contribution in [2.24, 2.45) is 0 Å². The van der Waals surface area contributed by atoms with E-state index < -0.39 is 0 Å². The highest BCUT2D eigenvalue weighted by Crippen LogP contribution is 2.48. The standard InChI is InChI=1S/C16H17N3O/c1-11-9-13(17)10-18-14(11)19-15(20)16(7-8-16)12-5-3-2-4-6-12/h2-6,9-10H,7-8,17H2,1H3,(H,18,19,20). The number of carbonyl (C=O) groups is 1. The van der Waals surface area contributed by atoms with Crippen molar-refractivity contribution in [2.45, 2.75) is 25.2 Å². The fourth-order valence-electron chi connectivity index (χ4n) is 2.48. The zero-order valence-corrected chi connectivity index (χ0v) is 11.4. The third-order valence-electron chi connectivity index (χ3n) is 3.84. The van der Waals surface area contributed by atoms with Crippen molar-refractivity contribution in [3.63, 3.8) is 0 Å². The molecule has 1 amide bonds. The molecule has 3 N–H and O–H groups in total. The van der Waals surface area contributed by atoms with E-state index in [1.807, 2.05) is 43.3 Å². The Kier molecular flexibility index (Phi) is 2.93. The van der Waals surface area contributed by atoms with Crippen LogP contribution in [0.5, 0.6) is 0 Å². The number of aryl methyl sites for hydroxylation is 1. The summed E-state index contributed by atoms with van der Waals surface area (Å²) in [7, 11) is 0. The van der Waals surface area contributed by atoms with Gasteiger partial charge in [0.05, 0.1) is 17.3 Å². The smallest absolute Gasteiger partial charge is 0.236 e. The fourth-order valence-corrected chi connectivity index (χ4v) is 2.48. The Morgan fingerprint density at radius 2 is 2.00 bits per heavy atom. The number of pyridine rings is 1. The van der Waals surface area contributed by atoms with Gasteiger partial charge in [0.25, 0.3) is 0 Å². The number of benzene rings is 1. The molecule has 1 heterocycles. The molecule has 4 nitrogen and oxygen atoms in total. The van der Waals surface area contributed by atoms with Crippen molar-refractivity contribution in [3.8, 4) is 0 Å². The zero-order chi connectivity index (χ0) is 14.2. The van der Waals surface area contributed by atoms with Crippen LogP contribution in [0.3, 0.4) is 0 Å². The number of nitrogens with zero attached hydrogens (tertiary/aromatic N) is 1. The van der Waals surface area contributed by atoms with Gasteiger partial charge in [-0.15, -0.1) is 0 Å². The molecule has 0 atom stereocenters. The van der Waals surface area contributed by atoms with Crippen LogP contribution in [0.2, 0.25) is 0 Å². The molecule has 4 heteroatoms. The van der Waals surface area contributed by atoms with Crippen LogP contribution in [-0.2, 0) is 10.2 Å². The topological polar surface area (TPSA) is 68.0 Å². The van der Waals surface area contributed by atoms with E-state index in [0.717, 1.165) is 24.0 Å². The van der Waals surface area contributed by atoms with Crippen LogP contribution in [-0.4, -0.2) is 10.9 Å². The number of nitrogens with one attached hydrogen (secondary N) is 1. The number of aromatic nitrogens is 1. The fraction of sp³-hybridized carbons (Fsp3) is 0.250. The average Bonchev–Trinajstić information content (AvgIpc) is 3.24. The molecule has 1 fully saturated rings. The first-order valence-electron chi connectivity index (χ1n) is 6.71. The number of nitrogens with two attached hydrogens (primary N) is 1. The SMILES string of the molecule is Cc1cc(N)cnc1NC(=O)C1(c2ccccc2)CC1. The molecule has 1 aliphatic rings. The minimum atomic E-state index is -0.378. The number of amides is 1. The van der Waals surface area contributed by atoms with Crippen molar-refractivity contribution in [3.05, 3.63) is 53.7 Å². The number of nitrogen functional groups attached to an aromatic ring is 1. The van der Waals surface area contributed by atoms with E-state index in [-0.39, 0.29) is 11.3 Å². The molecule has 1 saturated carbocycles. The summed E-state index contributed by atoms with van der Waals surface area (Å²) in [6.45, 7) is 1.89. The highest BCUT2D eigenvalue weighted by molar-refractivity contribution is 6.01. The first kappa shape index (κ1) is 12.7. The molecular weight excluding hydrogens is 250 g/mol. The second-order valence-corrected chi connectivity index (χ2v) is 5.34. The monoisotopic (exact) mass is 267 g/mol. The van der Waals surface area contributed by atoms with Gasteiger partial charge >= 0.3 is 0 Å². The van der Waals surface area contributed by atoms with Crippen LogP contribution in [0.4, 0.5) is 11.5 Å². The summed E-state index contributed by atoms with van der Waals surface area (Å²) in [4.78, 5) is 16.7. The first-order valence-corrected chi connectivity index (χ1v) is 6.71. The molecule has 0 bridgehead atoms. The maximum Gasteiger partial charge on any atom is 0.236 e. The summed E-state index contributed by atoms with van der Waals surface area (Å²) in [5.41, 5.74) is 7.85. The molecule has 0 spiro atoms. The number of hydrogen-bond donors (Lipinski definition) is 2. The molecule has 2 aromatic rings. The van der Waals surface area contributed by atoms with E-state index in [1.54, 1.807) is 6.20 Å². The molecule has 20 heavy (non-hydrogen) atoms. The Bertz CT molecular complexity index is 648. The van der Waals surface area contributed by atoms with Crippen molar-refractivity contribution in [1.29, 1.82) is 0 Å². The van der Waals surface area contributed by atoms with Crippen molar-refractivity contribution >= 4 is 17.4 Å². The first-order chi connectivity index (χ1) is 9.62. The number of anilines is 2. The third-order valence-corrected chi connectivity index (χ3v) is 3.84. The van der Waals surface area contributed by atoms with Crippen LogP contribution in [0.1, 0.15) is 24.0 Å². The van der Waals surface area contributed by atoms with E-state index in [4.69, 9.17) is 5.73 Å². The number of carbonyl (C=O) groups excluding carboxylic acids is 1. The quantitative estimate of drug-likeness (QED) is 0.898. The third kappa shape index (κ3) is 2.13. The lowest BCUT2D eigenvalue weighted by atomic mass is 9.95. The molecular formula is C16H17N3O. The van der Waals surface area contributed by atoms with Crippen LogP contribution in [0, 0.1) is 6.92 Å². The van der Waals surface area contributed by atoms with Gasteiger partial charge in [0.2, 0.25) is 5.91 Å². The van der Waals surface area contributed by atoms with Gasteiger partial charge in [0, 0.05) is 0 Å². The van der Waals surface area contributed by atoms with Crippen molar-refractivity contribution in [2.75, 3.05) is 11.1 Å². The predicted molar refractivity (Wildman–Crippen MR) is 79.4 cm³/mol. The summed E-state index contributed by atoms with van der Waals surface area (Å²) >= 11 is 0. The zero-order valence-electron chi connectivity index (χ0n) is 11.4. The van der Waals surface area contributed by atoms with Gasteiger partial charge in [-0.25, -0.2) is 4.98 Å². The summed E-state index contributed by atoms with van der Waals surface area (Å²) in [6, 6.07) is 11.7. The molecule has 1 aliphatic carbocycles. The normalized spacial score (nSPS) is 15.7. The molecule has 1 aromatic carbocycles. The van der Waals surface area contributed by atoms with Gasteiger partial charge in [-0.05, 0) is 37.0 Å². The molecule has 3 rings (SSSR count). The maximum absolute atomic E-state index is 12.6. The Morgan fingerprint density at radius 3 is 2.60 bits per heavy atom. The summed E-state index contributed by atoms with van der Waals surface area (Å²) < 4.78 is 0. The Morgan fingerprint density at radius 1 is 1.30 bits per heavy atom. The predicted octanol–water partition coefficient (Wildman–Crippen LogP) is 2.64. The van der Waals surface area contributed by atoms with Crippen LogP contribution in [0.15, 0.2) is 42.6 Å². The minimum Gasteiger partial charge on any atom is -0.397 e. The van der Waals surface area contributed by atoms with Gasteiger partial charge in [-0.3, -0.25) is 4.79 Å². The molecule has 102 valence electrons. The molecule has 1 aromatic heterocycles. The lowest BCUT2D eigenvalue weighted by Gasteiger charge is -2.16.